The fraction of sp³-hybridized carbons (Fsp3) is 0.429. The summed E-state index contributed by atoms with van der Waals surface area (Å²) < 4.78 is 24.2. The number of nitrogens with zero attached hydrogens (tertiary/aromatic N) is 2. The first-order valence-electron chi connectivity index (χ1n) is 9.35. The standard InChI is InChI=1S/C21H25FN2O3/c1-3-26-19-7-5-4-6-18(19)21(25)24-13-16(9-8-15(24)2)14-27-20-11-10-17(22)12-23-20/h4-7,10-12,15-16H,3,8-9,13-14H2,1-2H3/t15-,16-/m1/s1. The molecule has 0 N–H and O–H groups in total. The normalized spacial score (nSPS) is 19.6. The van der Waals surface area contributed by atoms with E-state index in [4.69, 9.17) is 9.47 Å². The number of amides is 1. The molecular formula is C21H25FN2O3. The SMILES string of the molecule is CCOc1ccccc1C(=O)N1C[C@H](COc2ccc(F)cn2)CC[C@H]1C. The van der Waals surface area contributed by atoms with Crippen molar-refractivity contribution in [3.8, 4) is 11.6 Å². The zero-order valence-electron chi connectivity index (χ0n) is 15.7. The molecule has 144 valence electrons. The van der Waals surface area contributed by atoms with Gasteiger partial charge >= 0.3 is 0 Å². The molecule has 6 heteroatoms. The van der Waals surface area contributed by atoms with Gasteiger partial charge in [-0.2, -0.15) is 0 Å². The fourth-order valence-corrected chi connectivity index (χ4v) is 3.33. The van der Waals surface area contributed by atoms with E-state index in [0.717, 1.165) is 19.0 Å². The number of pyridine rings is 1. The summed E-state index contributed by atoms with van der Waals surface area (Å²) in [5.41, 5.74) is 0.591. The van der Waals surface area contributed by atoms with E-state index >= 15 is 0 Å². The summed E-state index contributed by atoms with van der Waals surface area (Å²) in [6.07, 6.45) is 3.02. The lowest BCUT2D eigenvalue weighted by atomic mass is 9.93. The highest BCUT2D eigenvalue weighted by Crippen LogP contribution is 2.27. The lowest BCUT2D eigenvalue weighted by Gasteiger charge is -2.38. The van der Waals surface area contributed by atoms with Gasteiger partial charge in [-0.05, 0) is 44.9 Å². The lowest BCUT2D eigenvalue weighted by Crippen LogP contribution is -2.46. The molecule has 1 saturated heterocycles. The lowest BCUT2D eigenvalue weighted by molar-refractivity contribution is 0.0499. The van der Waals surface area contributed by atoms with Gasteiger partial charge in [0.25, 0.3) is 5.91 Å². The van der Waals surface area contributed by atoms with E-state index < -0.39 is 5.82 Å². The van der Waals surface area contributed by atoms with Crippen LogP contribution in [0, 0.1) is 11.7 Å². The highest BCUT2D eigenvalue weighted by Gasteiger charge is 2.31. The van der Waals surface area contributed by atoms with Crippen molar-refractivity contribution in [3.05, 3.63) is 54.0 Å². The maximum Gasteiger partial charge on any atom is 0.257 e. The molecule has 27 heavy (non-hydrogen) atoms. The van der Waals surface area contributed by atoms with Crippen LogP contribution in [0.3, 0.4) is 0 Å². The van der Waals surface area contributed by atoms with Crippen LogP contribution < -0.4 is 9.47 Å². The second-order valence-electron chi connectivity index (χ2n) is 6.80. The van der Waals surface area contributed by atoms with Crippen molar-refractivity contribution in [1.29, 1.82) is 0 Å². The maximum atomic E-state index is 13.1. The molecule has 0 spiro atoms. The van der Waals surface area contributed by atoms with Gasteiger partial charge in [0.15, 0.2) is 0 Å². The van der Waals surface area contributed by atoms with E-state index in [1.807, 2.05) is 36.1 Å². The third-order valence-corrected chi connectivity index (χ3v) is 4.82. The third-order valence-electron chi connectivity index (χ3n) is 4.82. The third kappa shape index (κ3) is 4.76. The van der Waals surface area contributed by atoms with Crippen LogP contribution in [0.15, 0.2) is 42.6 Å². The van der Waals surface area contributed by atoms with Gasteiger partial charge in [-0.25, -0.2) is 9.37 Å². The Morgan fingerprint density at radius 1 is 1.22 bits per heavy atom. The highest BCUT2D eigenvalue weighted by molar-refractivity contribution is 5.97. The van der Waals surface area contributed by atoms with Crippen LogP contribution in [0.4, 0.5) is 4.39 Å². The van der Waals surface area contributed by atoms with Crippen molar-refractivity contribution >= 4 is 5.91 Å². The molecule has 3 rings (SSSR count). The van der Waals surface area contributed by atoms with E-state index in [0.29, 0.717) is 37.0 Å². The topological polar surface area (TPSA) is 51.7 Å². The molecule has 0 unspecified atom stereocenters. The van der Waals surface area contributed by atoms with Crippen molar-refractivity contribution in [2.75, 3.05) is 19.8 Å². The largest absolute Gasteiger partial charge is 0.493 e. The molecule has 5 nitrogen and oxygen atoms in total. The summed E-state index contributed by atoms with van der Waals surface area (Å²) in [7, 11) is 0. The summed E-state index contributed by atoms with van der Waals surface area (Å²) in [4.78, 5) is 18.9. The van der Waals surface area contributed by atoms with E-state index in [1.165, 1.54) is 12.1 Å². The second kappa shape index (κ2) is 8.84. The molecule has 2 heterocycles. The van der Waals surface area contributed by atoms with Crippen molar-refractivity contribution in [2.24, 2.45) is 5.92 Å². The van der Waals surface area contributed by atoms with Crippen molar-refractivity contribution in [2.45, 2.75) is 32.7 Å². The van der Waals surface area contributed by atoms with Gasteiger partial charge in [-0.3, -0.25) is 4.79 Å². The number of halogens is 1. The summed E-state index contributed by atoms with van der Waals surface area (Å²) >= 11 is 0. The zero-order valence-corrected chi connectivity index (χ0v) is 15.7. The molecule has 1 aliphatic heterocycles. The average Bonchev–Trinajstić information content (AvgIpc) is 2.69. The summed E-state index contributed by atoms with van der Waals surface area (Å²) in [6.45, 7) is 5.55. The minimum absolute atomic E-state index is 0.0174. The summed E-state index contributed by atoms with van der Waals surface area (Å²) in [5, 5.41) is 0. The maximum absolute atomic E-state index is 13.1. The molecular weight excluding hydrogens is 347 g/mol. The van der Waals surface area contributed by atoms with E-state index in [-0.39, 0.29) is 17.9 Å². The van der Waals surface area contributed by atoms with Gasteiger partial charge in [0.2, 0.25) is 5.88 Å². The Labute approximate surface area is 159 Å². The Morgan fingerprint density at radius 3 is 2.78 bits per heavy atom. The Hall–Kier alpha value is -2.63. The van der Waals surface area contributed by atoms with E-state index in [1.54, 1.807) is 0 Å². The fourth-order valence-electron chi connectivity index (χ4n) is 3.33. The van der Waals surface area contributed by atoms with Gasteiger partial charge in [0.05, 0.1) is 25.0 Å². The molecule has 2 aromatic rings. The molecule has 1 amide bonds. The number of carbonyl (C=O) groups is 1. The van der Waals surface area contributed by atoms with Gasteiger partial charge in [-0.15, -0.1) is 0 Å². The Morgan fingerprint density at radius 2 is 2.04 bits per heavy atom. The average molecular weight is 372 g/mol. The number of para-hydroxylation sites is 1. The number of benzene rings is 1. The predicted molar refractivity (Wildman–Crippen MR) is 101 cm³/mol. The summed E-state index contributed by atoms with van der Waals surface area (Å²) in [5.74, 6) is 0.812. The molecule has 0 saturated carbocycles. The smallest absolute Gasteiger partial charge is 0.257 e. The Kier molecular flexibility index (Phi) is 6.27. The second-order valence-corrected chi connectivity index (χ2v) is 6.80. The Balaban J connectivity index is 1.66. The van der Waals surface area contributed by atoms with Gasteiger partial charge in [0.1, 0.15) is 11.6 Å². The zero-order chi connectivity index (χ0) is 19.2. The number of carbonyl (C=O) groups excluding carboxylic acids is 1. The monoisotopic (exact) mass is 372 g/mol. The molecule has 1 fully saturated rings. The number of hydrogen-bond acceptors (Lipinski definition) is 4. The van der Waals surface area contributed by atoms with Gasteiger partial charge < -0.3 is 14.4 Å². The van der Waals surface area contributed by atoms with Crippen LogP contribution in [0.5, 0.6) is 11.6 Å². The first-order chi connectivity index (χ1) is 13.1. The predicted octanol–water partition coefficient (Wildman–Crippen LogP) is 3.94. The number of aromatic nitrogens is 1. The summed E-state index contributed by atoms with van der Waals surface area (Å²) in [6, 6.07) is 10.4. The van der Waals surface area contributed by atoms with Gasteiger partial charge in [-0.1, -0.05) is 12.1 Å². The van der Waals surface area contributed by atoms with Crippen LogP contribution in [0.1, 0.15) is 37.0 Å². The van der Waals surface area contributed by atoms with Crippen LogP contribution in [0.25, 0.3) is 0 Å². The van der Waals surface area contributed by atoms with Gasteiger partial charge in [0, 0.05) is 24.6 Å². The highest BCUT2D eigenvalue weighted by atomic mass is 19.1. The molecule has 1 aliphatic rings. The number of likely N-dealkylation sites (tertiary alicyclic amines) is 1. The number of piperidine rings is 1. The van der Waals surface area contributed by atoms with Crippen LogP contribution in [-0.2, 0) is 0 Å². The number of hydrogen-bond donors (Lipinski definition) is 0. The molecule has 0 bridgehead atoms. The van der Waals surface area contributed by atoms with Crippen molar-refractivity contribution in [3.63, 3.8) is 0 Å². The molecule has 1 aromatic heterocycles. The first-order valence-corrected chi connectivity index (χ1v) is 9.35. The Bertz CT molecular complexity index is 766. The van der Waals surface area contributed by atoms with Crippen molar-refractivity contribution < 1.29 is 18.7 Å². The van der Waals surface area contributed by atoms with Crippen LogP contribution in [-0.4, -0.2) is 41.6 Å². The quantitative estimate of drug-likeness (QED) is 0.771. The molecule has 0 radical (unpaired) electrons. The number of ether oxygens (including phenoxy) is 2. The minimum atomic E-state index is -0.390. The molecule has 2 atom stereocenters. The van der Waals surface area contributed by atoms with Crippen LogP contribution >= 0.6 is 0 Å². The van der Waals surface area contributed by atoms with E-state index in [2.05, 4.69) is 11.9 Å². The van der Waals surface area contributed by atoms with E-state index in [9.17, 15) is 9.18 Å². The number of rotatable bonds is 6. The van der Waals surface area contributed by atoms with Crippen molar-refractivity contribution in [1.82, 2.24) is 9.88 Å². The molecule has 0 aliphatic carbocycles. The first kappa shape index (κ1) is 19.1. The van der Waals surface area contributed by atoms with Crippen LogP contribution in [0.2, 0.25) is 0 Å². The molecule has 1 aromatic carbocycles. The minimum Gasteiger partial charge on any atom is -0.493 e.